The van der Waals surface area contributed by atoms with Gasteiger partial charge in [-0.15, -0.1) is 0 Å². The van der Waals surface area contributed by atoms with E-state index in [1.54, 1.807) is 12.4 Å². The minimum Gasteiger partial charge on any atom is -0.428 e. The summed E-state index contributed by atoms with van der Waals surface area (Å²) in [6, 6.07) is 3.59. The minimum atomic E-state index is -7.02. The maximum Gasteiger partial charge on any atom is 0.471 e. The molecule has 0 aliphatic rings. The van der Waals surface area contributed by atoms with Crippen LogP contribution in [0.3, 0.4) is 0 Å². The molecule has 36 heavy (non-hydrogen) atoms. The first-order valence-electron chi connectivity index (χ1n) is 11.5. The van der Waals surface area contributed by atoms with Crippen molar-refractivity contribution < 1.29 is 44.3 Å². The van der Waals surface area contributed by atoms with Crippen LogP contribution in [0.25, 0.3) is 11.4 Å². The number of benzene rings is 1. The highest BCUT2D eigenvalue weighted by Gasteiger charge is 2.83. The van der Waals surface area contributed by atoms with E-state index in [1.165, 1.54) is 32.1 Å². The number of aryl methyl sites for hydroxylation is 1. The van der Waals surface area contributed by atoms with E-state index in [4.69, 9.17) is 0 Å². The zero-order valence-electron chi connectivity index (χ0n) is 19.5. The Kier molecular flexibility index (Phi) is 10.0. The zero-order chi connectivity index (χ0) is 27.0. The molecule has 0 bridgehead atoms. The Morgan fingerprint density at radius 1 is 0.667 bits per heavy atom. The third-order valence-electron chi connectivity index (χ3n) is 5.50. The van der Waals surface area contributed by atoms with Crippen molar-refractivity contribution >= 4 is 0 Å². The van der Waals surface area contributed by atoms with Crippen LogP contribution >= 0.6 is 0 Å². The van der Waals surface area contributed by atoms with Crippen LogP contribution in [-0.4, -0.2) is 34.1 Å². The van der Waals surface area contributed by atoms with E-state index in [0.29, 0.717) is 12.1 Å². The van der Waals surface area contributed by atoms with Crippen molar-refractivity contribution in [1.82, 2.24) is 9.97 Å². The van der Waals surface area contributed by atoms with E-state index in [9.17, 15) is 39.5 Å². The fourth-order valence-corrected chi connectivity index (χ4v) is 3.34. The second-order valence-electron chi connectivity index (χ2n) is 8.43. The third kappa shape index (κ3) is 7.25. The maximum atomic E-state index is 13.6. The molecular weight excluding hydrogens is 503 g/mol. The van der Waals surface area contributed by atoms with E-state index in [1.807, 2.05) is 0 Å². The lowest BCUT2D eigenvalue weighted by molar-refractivity contribution is -0.428. The molecule has 2 aromatic rings. The van der Waals surface area contributed by atoms with Gasteiger partial charge in [0.2, 0.25) is 0 Å². The average molecular weight is 530 g/mol. The summed E-state index contributed by atoms with van der Waals surface area (Å²) in [5.74, 6) is -14.8. The van der Waals surface area contributed by atoms with Crippen molar-refractivity contribution in [2.24, 2.45) is 0 Å². The van der Waals surface area contributed by atoms with Gasteiger partial charge >= 0.3 is 24.1 Å². The number of ether oxygens (including phenoxy) is 1. The Labute approximate surface area is 203 Å². The lowest BCUT2D eigenvalue weighted by Gasteiger charge is -2.33. The Hall–Kier alpha value is -2.53. The van der Waals surface area contributed by atoms with Crippen LogP contribution in [0.4, 0.5) is 39.5 Å². The van der Waals surface area contributed by atoms with Gasteiger partial charge in [0.05, 0.1) is 0 Å². The molecule has 0 atom stereocenters. The molecular formula is C24H27F9N2O. The molecule has 0 aliphatic heterocycles. The van der Waals surface area contributed by atoms with Crippen LogP contribution in [0, 0.1) is 0 Å². The first-order valence-corrected chi connectivity index (χ1v) is 11.5. The molecule has 0 N–H and O–H groups in total. The number of halogens is 9. The molecule has 12 heteroatoms. The maximum absolute atomic E-state index is 13.6. The van der Waals surface area contributed by atoms with Gasteiger partial charge in [0, 0.05) is 18.0 Å². The van der Waals surface area contributed by atoms with Gasteiger partial charge in [-0.3, -0.25) is 0 Å². The van der Waals surface area contributed by atoms with Crippen molar-refractivity contribution in [3.8, 4) is 17.1 Å². The van der Waals surface area contributed by atoms with E-state index < -0.39 is 29.9 Å². The van der Waals surface area contributed by atoms with Gasteiger partial charge in [-0.25, -0.2) is 9.97 Å². The molecule has 1 heterocycles. The lowest BCUT2D eigenvalue weighted by atomic mass is 10.1. The van der Waals surface area contributed by atoms with Gasteiger partial charge in [0.25, 0.3) is 0 Å². The molecule has 0 aliphatic carbocycles. The number of hydrogen-bond donors (Lipinski definition) is 0. The fourth-order valence-electron chi connectivity index (χ4n) is 3.34. The molecule has 0 unspecified atom stereocenters. The van der Waals surface area contributed by atoms with Crippen LogP contribution in [-0.2, 0) is 6.42 Å². The Balaban J connectivity index is 1.94. The van der Waals surface area contributed by atoms with Crippen LogP contribution in [0.1, 0.15) is 63.9 Å². The first-order chi connectivity index (χ1) is 16.7. The van der Waals surface area contributed by atoms with Crippen LogP contribution in [0.15, 0.2) is 36.7 Å². The number of aromatic nitrogens is 2. The third-order valence-corrected chi connectivity index (χ3v) is 5.50. The number of unbranched alkanes of at least 4 members (excludes halogenated alkanes) is 7. The van der Waals surface area contributed by atoms with Crippen molar-refractivity contribution in [2.75, 3.05) is 0 Å². The normalized spacial score (nSPS) is 13.2. The van der Waals surface area contributed by atoms with Gasteiger partial charge in [-0.05, 0) is 42.7 Å². The lowest BCUT2D eigenvalue weighted by Crippen LogP contribution is -2.62. The molecule has 0 saturated carbocycles. The van der Waals surface area contributed by atoms with Crippen molar-refractivity contribution in [2.45, 2.75) is 88.8 Å². The second kappa shape index (κ2) is 12.1. The van der Waals surface area contributed by atoms with Crippen LogP contribution in [0.5, 0.6) is 5.75 Å². The molecule has 3 nitrogen and oxygen atoms in total. The molecule has 1 aromatic heterocycles. The van der Waals surface area contributed by atoms with Crippen molar-refractivity contribution in [3.63, 3.8) is 0 Å². The van der Waals surface area contributed by atoms with Crippen molar-refractivity contribution in [3.05, 3.63) is 42.2 Å². The summed E-state index contributed by atoms with van der Waals surface area (Å²) in [5.41, 5.74) is 1.15. The van der Waals surface area contributed by atoms with Gasteiger partial charge < -0.3 is 4.74 Å². The summed E-state index contributed by atoms with van der Waals surface area (Å²) in [6.07, 6.45) is 0.210. The van der Waals surface area contributed by atoms with Gasteiger partial charge in [0.1, 0.15) is 5.75 Å². The number of nitrogens with zero attached hydrogens (tertiary/aromatic N) is 2. The van der Waals surface area contributed by atoms with Crippen LogP contribution in [0.2, 0.25) is 0 Å². The van der Waals surface area contributed by atoms with Gasteiger partial charge in [0.15, 0.2) is 5.82 Å². The smallest absolute Gasteiger partial charge is 0.428 e. The largest absolute Gasteiger partial charge is 0.471 e. The quantitative estimate of drug-likeness (QED) is 0.181. The van der Waals surface area contributed by atoms with E-state index in [-0.39, 0.29) is 11.4 Å². The van der Waals surface area contributed by atoms with Crippen molar-refractivity contribution in [1.29, 1.82) is 0 Å². The zero-order valence-corrected chi connectivity index (χ0v) is 19.5. The van der Waals surface area contributed by atoms with E-state index in [2.05, 4.69) is 21.6 Å². The summed E-state index contributed by atoms with van der Waals surface area (Å²) >= 11 is 0. The average Bonchev–Trinajstić information content (AvgIpc) is 2.80. The molecule has 0 fully saturated rings. The molecule has 202 valence electrons. The molecule has 0 spiro atoms. The monoisotopic (exact) mass is 530 g/mol. The minimum absolute atomic E-state index is 0.168. The van der Waals surface area contributed by atoms with Gasteiger partial charge in [-0.2, -0.15) is 39.5 Å². The number of hydrogen-bond acceptors (Lipinski definition) is 3. The van der Waals surface area contributed by atoms with Crippen LogP contribution < -0.4 is 4.74 Å². The Morgan fingerprint density at radius 2 is 1.17 bits per heavy atom. The van der Waals surface area contributed by atoms with E-state index >= 15 is 0 Å². The van der Waals surface area contributed by atoms with Gasteiger partial charge in [-0.1, -0.05) is 51.9 Å². The molecule has 0 radical (unpaired) electrons. The Bertz CT molecular complexity index is 930. The molecule has 0 saturated heterocycles. The Morgan fingerprint density at radius 3 is 1.67 bits per heavy atom. The molecule has 1 aromatic carbocycles. The highest BCUT2D eigenvalue weighted by Crippen LogP contribution is 2.53. The molecule has 0 amide bonds. The second-order valence-corrected chi connectivity index (χ2v) is 8.43. The van der Waals surface area contributed by atoms with E-state index in [0.717, 1.165) is 43.4 Å². The molecule has 2 rings (SSSR count). The summed E-state index contributed by atoms with van der Waals surface area (Å²) < 4.78 is 120. The fraction of sp³-hybridized carbons (Fsp3) is 0.583. The number of alkyl halides is 9. The highest BCUT2D eigenvalue weighted by molar-refractivity contribution is 5.55. The standard InChI is InChI=1S/C24H27F9N2O/c1-2-3-4-5-6-7-8-9-10-17-15-34-20(35-16-17)18-11-13-19(14-12-18)36-24(32,33)22(27,28)21(25,26)23(29,30)31/h11-16H,2-10H2,1H3. The first kappa shape index (κ1) is 29.7. The predicted octanol–water partition coefficient (Wildman–Crippen LogP) is 8.63. The summed E-state index contributed by atoms with van der Waals surface area (Å²) in [7, 11) is 0. The summed E-state index contributed by atoms with van der Waals surface area (Å²) in [6.45, 7) is 2.17. The number of rotatable bonds is 14. The highest BCUT2D eigenvalue weighted by atomic mass is 19.4. The topological polar surface area (TPSA) is 35.0 Å². The predicted molar refractivity (Wildman–Crippen MR) is 115 cm³/mol. The summed E-state index contributed by atoms with van der Waals surface area (Å²) in [5, 5.41) is 0. The SMILES string of the molecule is CCCCCCCCCCc1cnc(-c2ccc(OC(F)(F)C(F)(F)C(F)(F)C(F)(F)F)cc2)nc1. The summed E-state index contributed by atoms with van der Waals surface area (Å²) in [4.78, 5) is 8.31.